The minimum atomic E-state index is -1.07. The van der Waals surface area contributed by atoms with Crippen LogP contribution in [-0.4, -0.2) is 41.2 Å². The normalized spacial score (nSPS) is 22.0. The number of hydrogen-bond acceptors (Lipinski definition) is 5. The topological polar surface area (TPSA) is 92.8 Å². The van der Waals surface area contributed by atoms with Crippen LogP contribution in [0.4, 0.5) is 10.1 Å². The van der Waals surface area contributed by atoms with Crippen LogP contribution in [0.5, 0.6) is 0 Å². The molecule has 1 aromatic carbocycles. The molecular formula is C20H21FN2O5. The first kappa shape index (κ1) is 19.7. The first-order chi connectivity index (χ1) is 13.4. The SMILES string of the molecule is CC(OC(=O)CCN1C(=O)C2CC=CCC2C1=O)C(=O)Nc1ccc(F)cc1. The summed E-state index contributed by atoms with van der Waals surface area (Å²) in [5, 5.41) is 2.51. The molecule has 0 saturated carbocycles. The molecule has 0 radical (unpaired) electrons. The molecule has 3 rings (SSSR count). The van der Waals surface area contributed by atoms with E-state index in [2.05, 4.69) is 5.32 Å². The summed E-state index contributed by atoms with van der Waals surface area (Å²) in [6.45, 7) is 1.35. The van der Waals surface area contributed by atoms with Crippen molar-refractivity contribution in [3.8, 4) is 0 Å². The van der Waals surface area contributed by atoms with E-state index in [0.29, 0.717) is 18.5 Å². The van der Waals surface area contributed by atoms with Crippen LogP contribution >= 0.6 is 0 Å². The molecule has 28 heavy (non-hydrogen) atoms. The molecule has 148 valence electrons. The molecule has 0 bridgehead atoms. The van der Waals surface area contributed by atoms with Crippen LogP contribution < -0.4 is 5.32 Å². The second-order valence-corrected chi connectivity index (χ2v) is 6.86. The average molecular weight is 388 g/mol. The van der Waals surface area contributed by atoms with Crippen molar-refractivity contribution < 1.29 is 28.3 Å². The molecule has 3 unspecified atom stereocenters. The zero-order valence-electron chi connectivity index (χ0n) is 15.4. The molecule has 3 amide bonds. The zero-order valence-corrected chi connectivity index (χ0v) is 15.4. The highest BCUT2D eigenvalue weighted by molar-refractivity contribution is 6.05. The Bertz CT molecular complexity index is 794. The number of nitrogens with one attached hydrogen (secondary N) is 1. The lowest BCUT2D eigenvalue weighted by Crippen LogP contribution is -2.35. The van der Waals surface area contributed by atoms with Crippen LogP contribution in [0.2, 0.25) is 0 Å². The van der Waals surface area contributed by atoms with E-state index in [1.807, 2.05) is 12.2 Å². The predicted octanol–water partition coefficient (Wildman–Crippen LogP) is 2.04. The summed E-state index contributed by atoms with van der Waals surface area (Å²) in [7, 11) is 0. The van der Waals surface area contributed by atoms with Crippen molar-refractivity contribution in [2.75, 3.05) is 11.9 Å². The molecule has 1 aromatic rings. The number of carbonyl (C=O) groups is 4. The third kappa shape index (κ3) is 4.27. The lowest BCUT2D eigenvalue weighted by Gasteiger charge is -2.16. The molecule has 7 nitrogen and oxygen atoms in total. The highest BCUT2D eigenvalue weighted by atomic mass is 19.1. The number of benzene rings is 1. The third-order valence-electron chi connectivity index (χ3n) is 4.93. The number of nitrogens with zero attached hydrogens (tertiary/aromatic N) is 1. The van der Waals surface area contributed by atoms with Crippen LogP contribution in [0.3, 0.4) is 0 Å². The van der Waals surface area contributed by atoms with E-state index < -0.39 is 23.8 Å². The Balaban J connectivity index is 1.47. The third-order valence-corrected chi connectivity index (χ3v) is 4.93. The van der Waals surface area contributed by atoms with E-state index in [0.717, 1.165) is 4.90 Å². The molecular weight excluding hydrogens is 367 g/mol. The number of fused-ring (bicyclic) bond motifs is 1. The number of esters is 1. The van der Waals surface area contributed by atoms with Gasteiger partial charge in [-0.05, 0) is 44.0 Å². The Labute approximate surface area is 161 Å². The van der Waals surface area contributed by atoms with E-state index >= 15 is 0 Å². The van der Waals surface area contributed by atoms with Crippen LogP contribution in [0.25, 0.3) is 0 Å². The summed E-state index contributed by atoms with van der Waals surface area (Å²) in [5.74, 6) is -2.87. The van der Waals surface area contributed by atoms with E-state index in [1.54, 1.807) is 0 Å². The van der Waals surface area contributed by atoms with Crippen molar-refractivity contribution in [1.82, 2.24) is 4.90 Å². The van der Waals surface area contributed by atoms with Gasteiger partial charge in [-0.2, -0.15) is 0 Å². The molecule has 1 heterocycles. The van der Waals surface area contributed by atoms with Gasteiger partial charge < -0.3 is 10.1 Å². The number of rotatable bonds is 6. The molecule has 1 aliphatic carbocycles. The second kappa shape index (κ2) is 8.33. The van der Waals surface area contributed by atoms with Gasteiger partial charge in [0.05, 0.1) is 18.3 Å². The summed E-state index contributed by atoms with van der Waals surface area (Å²) < 4.78 is 18.0. The van der Waals surface area contributed by atoms with Gasteiger partial charge >= 0.3 is 5.97 Å². The number of allylic oxidation sites excluding steroid dienone is 2. The minimum absolute atomic E-state index is 0.0597. The number of ether oxygens (including phenoxy) is 1. The summed E-state index contributed by atoms with van der Waals surface area (Å²) in [6, 6.07) is 5.17. The maximum absolute atomic E-state index is 12.9. The quantitative estimate of drug-likeness (QED) is 0.457. The van der Waals surface area contributed by atoms with Gasteiger partial charge in [0.25, 0.3) is 5.91 Å². The predicted molar refractivity (Wildman–Crippen MR) is 97.3 cm³/mol. The zero-order chi connectivity index (χ0) is 20.3. The average Bonchev–Trinajstić information content (AvgIpc) is 2.92. The van der Waals surface area contributed by atoms with Gasteiger partial charge in [-0.3, -0.25) is 24.1 Å². The van der Waals surface area contributed by atoms with Gasteiger partial charge in [0.15, 0.2) is 6.10 Å². The molecule has 1 N–H and O–H groups in total. The van der Waals surface area contributed by atoms with E-state index in [9.17, 15) is 23.6 Å². The van der Waals surface area contributed by atoms with Crippen LogP contribution in [0.15, 0.2) is 36.4 Å². The Morgan fingerprint density at radius 3 is 2.29 bits per heavy atom. The van der Waals surface area contributed by atoms with Crippen molar-refractivity contribution in [2.45, 2.75) is 32.3 Å². The fourth-order valence-electron chi connectivity index (χ4n) is 3.38. The molecule has 0 spiro atoms. The summed E-state index contributed by atoms with van der Waals surface area (Å²) in [6.07, 6.45) is 3.61. The van der Waals surface area contributed by atoms with E-state index in [-0.39, 0.29) is 36.6 Å². The number of amides is 3. The van der Waals surface area contributed by atoms with Crippen molar-refractivity contribution in [3.05, 3.63) is 42.2 Å². The van der Waals surface area contributed by atoms with Gasteiger partial charge in [0, 0.05) is 12.2 Å². The summed E-state index contributed by atoms with van der Waals surface area (Å²) in [4.78, 5) is 49.9. The fraction of sp³-hybridized carbons (Fsp3) is 0.400. The molecule has 1 fully saturated rings. The van der Waals surface area contributed by atoms with Gasteiger partial charge in [-0.1, -0.05) is 12.2 Å². The number of halogens is 1. The second-order valence-electron chi connectivity index (χ2n) is 6.86. The standard InChI is InChI=1S/C20H21FN2O5/c1-12(18(25)22-14-8-6-13(21)7-9-14)28-17(24)10-11-23-19(26)15-4-2-3-5-16(15)20(23)27/h2-3,6-9,12,15-16H,4-5,10-11H2,1H3,(H,22,25). The Morgan fingerprint density at radius 1 is 1.14 bits per heavy atom. The molecule has 8 heteroatoms. The van der Waals surface area contributed by atoms with Gasteiger partial charge in [-0.15, -0.1) is 0 Å². The number of likely N-dealkylation sites (tertiary alicyclic amines) is 1. The Kier molecular flexibility index (Phi) is 5.87. The fourth-order valence-corrected chi connectivity index (χ4v) is 3.38. The van der Waals surface area contributed by atoms with Gasteiger partial charge in [0.1, 0.15) is 5.82 Å². The number of carbonyl (C=O) groups excluding carboxylic acids is 4. The smallest absolute Gasteiger partial charge is 0.308 e. The molecule has 3 atom stereocenters. The Hall–Kier alpha value is -3.03. The van der Waals surface area contributed by atoms with Gasteiger partial charge in [-0.25, -0.2) is 4.39 Å². The summed E-state index contributed by atoms with van der Waals surface area (Å²) >= 11 is 0. The Morgan fingerprint density at radius 2 is 1.71 bits per heavy atom. The molecule has 1 aliphatic heterocycles. The molecule has 1 saturated heterocycles. The maximum atomic E-state index is 12.9. The van der Waals surface area contributed by atoms with E-state index in [4.69, 9.17) is 4.74 Å². The number of anilines is 1. The molecule has 2 aliphatic rings. The largest absolute Gasteiger partial charge is 0.452 e. The van der Waals surface area contributed by atoms with Crippen molar-refractivity contribution >= 4 is 29.4 Å². The highest BCUT2D eigenvalue weighted by Gasteiger charge is 2.47. The minimum Gasteiger partial charge on any atom is -0.452 e. The van der Waals surface area contributed by atoms with Crippen molar-refractivity contribution in [3.63, 3.8) is 0 Å². The van der Waals surface area contributed by atoms with Gasteiger partial charge in [0.2, 0.25) is 11.8 Å². The first-order valence-electron chi connectivity index (χ1n) is 9.13. The van der Waals surface area contributed by atoms with Crippen molar-refractivity contribution in [2.24, 2.45) is 11.8 Å². The number of hydrogen-bond donors (Lipinski definition) is 1. The van der Waals surface area contributed by atoms with Crippen LogP contribution in [0, 0.1) is 17.7 Å². The molecule has 0 aromatic heterocycles. The lowest BCUT2D eigenvalue weighted by molar-refractivity contribution is -0.154. The lowest BCUT2D eigenvalue weighted by atomic mass is 9.85. The van der Waals surface area contributed by atoms with Crippen molar-refractivity contribution in [1.29, 1.82) is 0 Å². The van der Waals surface area contributed by atoms with Crippen LogP contribution in [0.1, 0.15) is 26.2 Å². The highest BCUT2D eigenvalue weighted by Crippen LogP contribution is 2.35. The maximum Gasteiger partial charge on any atom is 0.308 e. The number of imide groups is 1. The summed E-state index contributed by atoms with van der Waals surface area (Å²) in [5.41, 5.74) is 0.374. The van der Waals surface area contributed by atoms with E-state index in [1.165, 1.54) is 31.2 Å². The van der Waals surface area contributed by atoms with Crippen LogP contribution in [-0.2, 0) is 23.9 Å². The first-order valence-corrected chi connectivity index (χ1v) is 9.13. The monoisotopic (exact) mass is 388 g/mol.